The third-order valence-electron chi connectivity index (χ3n) is 10.7. The predicted molar refractivity (Wildman–Crippen MR) is 201 cm³/mol. The summed E-state index contributed by atoms with van der Waals surface area (Å²) in [5.74, 6) is 1.89. The van der Waals surface area contributed by atoms with Crippen LogP contribution in [0, 0.1) is 0 Å². The quantitative estimate of drug-likeness (QED) is 0.194. The number of rotatable bonds is 3. The second kappa shape index (κ2) is 10.2. The van der Waals surface area contributed by atoms with Crippen molar-refractivity contribution in [2.75, 3.05) is 0 Å². The molecule has 2 aliphatic carbocycles. The SMILES string of the molecule is c1ccc(-c2nc(-c3ccccc3)nc(-n3c4ccccc4c4cc5c(cc43)-c3ccccc3C53c4ccccc4-c4ccccc43)n2)cc1. The molecule has 2 aromatic heterocycles. The van der Waals surface area contributed by atoms with E-state index in [0.717, 1.165) is 22.2 Å². The molecule has 0 amide bonds. The number of hydrogen-bond donors (Lipinski definition) is 0. The van der Waals surface area contributed by atoms with Crippen LogP contribution in [0.1, 0.15) is 22.3 Å². The van der Waals surface area contributed by atoms with E-state index in [1.165, 1.54) is 55.3 Å². The maximum Gasteiger partial charge on any atom is 0.238 e. The van der Waals surface area contributed by atoms with Crippen molar-refractivity contribution >= 4 is 21.8 Å². The third-order valence-corrected chi connectivity index (χ3v) is 10.7. The molecule has 11 rings (SSSR count). The van der Waals surface area contributed by atoms with Crippen molar-refractivity contribution in [2.45, 2.75) is 5.41 Å². The first-order valence-corrected chi connectivity index (χ1v) is 17.0. The van der Waals surface area contributed by atoms with E-state index in [1.807, 2.05) is 36.4 Å². The minimum Gasteiger partial charge on any atom is -0.278 e. The molecule has 0 bridgehead atoms. The van der Waals surface area contributed by atoms with Gasteiger partial charge < -0.3 is 0 Å². The predicted octanol–water partition coefficient (Wildman–Crippen LogP) is 10.6. The Hall–Kier alpha value is -6.65. The summed E-state index contributed by atoms with van der Waals surface area (Å²) in [6, 6.07) is 60.7. The van der Waals surface area contributed by atoms with Gasteiger partial charge in [-0.1, -0.05) is 152 Å². The van der Waals surface area contributed by atoms with Crippen molar-refractivity contribution in [1.29, 1.82) is 0 Å². The van der Waals surface area contributed by atoms with E-state index >= 15 is 0 Å². The van der Waals surface area contributed by atoms with Crippen LogP contribution in [0.4, 0.5) is 0 Å². The lowest BCUT2D eigenvalue weighted by atomic mass is 9.70. The van der Waals surface area contributed by atoms with Gasteiger partial charge in [-0.25, -0.2) is 4.98 Å². The summed E-state index contributed by atoms with van der Waals surface area (Å²) in [6.45, 7) is 0. The Morgan fingerprint density at radius 2 is 0.840 bits per heavy atom. The molecule has 0 N–H and O–H groups in total. The van der Waals surface area contributed by atoms with Crippen molar-refractivity contribution in [2.24, 2.45) is 0 Å². The molecule has 0 fully saturated rings. The van der Waals surface area contributed by atoms with E-state index in [0.29, 0.717) is 17.6 Å². The van der Waals surface area contributed by atoms with Gasteiger partial charge >= 0.3 is 0 Å². The maximum absolute atomic E-state index is 5.18. The first-order valence-electron chi connectivity index (χ1n) is 17.0. The zero-order chi connectivity index (χ0) is 32.8. The molecule has 2 heterocycles. The molecule has 0 unspecified atom stereocenters. The molecule has 50 heavy (non-hydrogen) atoms. The fourth-order valence-corrected chi connectivity index (χ4v) is 8.67. The largest absolute Gasteiger partial charge is 0.278 e. The lowest BCUT2D eigenvalue weighted by molar-refractivity contribution is 0.795. The molecule has 7 aromatic carbocycles. The number of aromatic nitrogens is 4. The highest BCUT2D eigenvalue weighted by Crippen LogP contribution is 2.63. The topological polar surface area (TPSA) is 43.6 Å². The lowest BCUT2D eigenvalue weighted by Gasteiger charge is -2.30. The van der Waals surface area contributed by atoms with Crippen LogP contribution in [-0.2, 0) is 5.41 Å². The van der Waals surface area contributed by atoms with E-state index in [2.05, 4.69) is 138 Å². The van der Waals surface area contributed by atoms with Crippen molar-refractivity contribution in [3.63, 3.8) is 0 Å². The first-order chi connectivity index (χ1) is 24.8. The molecule has 0 atom stereocenters. The van der Waals surface area contributed by atoms with Gasteiger partial charge in [-0.2, -0.15) is 9.97 Å². The minimum absolute atomic E-state index is 0.412. The Morgan fingerprint density at radius 3 is 1.42 bits per heavy atom. The normalized spacial score (nSPS) is 13.4. The molecule has 4 nitrogen and oxygen atoms in total. The fourth-order valence-electron chi connectivity index (χ4n) is 8.67. The molecule has 1 spiro atoms. The van der Waals surface area contributed by atoms with Crippen LogP contribution in [0.5, 0.6) is 0 Å². The van der Waals surface area contributed by atoms with Crippen LogP contribution in [0.25, 0.3) is 72.8 Å². The molecule has 0 saturated heterocycles. The molecule has 0 aliphatic heterocycles. The van der Waals surface area contributed by atoms with E-state index in [9.17, 15) is 0 Å². The summed E-state index contributed by atoms with van der Waals surface area (Å²) in [4.78, 5) is 15.3. The van der Waals surface area contributed by atoms with Gasteiger partial charge in [-0.3, -0.25) is 4.57 Å². The second-order valence-corrected chi connectivity index (χ2v) is 13.2. The average molecular weight is 637 g/mol. The van der Waals surface area contributed by atoms with Gasteiger partial charge in [0.15, 0.2) is 11.6 Å². The molecule has 2 aliphatic rings. The summed E-state index contributed by atoms with van der Waals surface area (Å²) >= 11 is 0. The van der Waals surface area contributed by atoms with Crippen LogP contribution >= 0.6 is 0 Å². The second-order valence-electron chi connectivity index (χ2n) is 13.2. The summed E-state index contributed by atoms with van der Waals surface area (Å²) in [5.41, 5.74) is 14.1. The lowest BCUT2D eigenvalue weighted by Crippen LogP contribution is -2.25. The Kier molecular flexibility index (Phi) is 5.56. The number of fused-ring (bicyclic) bond motifs is 13. The third kappa shape index (κ3) is 3.57. The van der Waals surface area contributed by atoms with Gasteiger partial charge in [0.25, 0.3) is 0 Å². The highest BCUT2D eigenvalue weighted by molar-refractivity contribution is 6.12. The van der Waals surface area contributed by atoms with E-state index in [4.69, 9.17) is 15.0 Å². The van der Waals surface area contributed by atoms with Crippen LogP contribution in [0.3, 0.4) is 0 Å². The van der Waals surface area contributed by atoms with Gasteiger partial charge in [0.05, 0.1) is 16.4 Å². The van der Waals surface area contributed by atoms with Crippen molar-refractivity contribution in [1.82, 2.24) is 19.5 Å². The van der Waals surface area contributed by atoms with Crippen molar-refractivity contribution in [3.8, 4) is 51.0 Å². The first kappa shape index (κ1) is 27.3. The van der Waals surface area contributed by atoms with Crippen LogP contribution < -0.4 is 0 Å². The highest BCUT2D eigenvalue weighted by Gasteiger charge is 2.51. The van der Waals surface area contributed by atoms with Crippen molar-refractivity contribution < 1.29 is 0 Å². The van der Waals surface area contributed by atoms with Gasteiger partial charge in [0.1, 0.15) is 0 Å². The van der Waals surface area contributed by atoms with Gasteiger partial charge in [0, 0.05) is 21.9 Å². The van der Waals surface area contributed by atoms with Crippen LogP contribution in [0.2, 0.25) is 0 Å². The zero-order valence-corrected chi connectivity index (χ0v) is 27.0. The van der Waals surface area contributed by atoms with E-state index < -0.39 is 5.41 Å². The molecule has 232 valence electrons. The van der Waals surface area contributed by atoms with Gasteiger partial charge in [-0.05, 0) is 62.7 Å². The van der Waals surface area contributed by atoms with E-state index in [-0.39, 0.29) is 0 Å². The Labute approximate surface area is 289 Å². The zero-order valence-electron chi connectivity index (χ0n) is 27.0. The summed E-state index contributed by atoms with van der Waals surface area (Å²) in [5, 5.41) is 2.34. The van der Waals surface area contributed by atoms with Crippen LogP contribution in [-0.4, -0.2) is 19.5 Å². The Bertz CT molecular complexity index is 2710. The van der Waals surface area contributed by atoms with Crippen molar-refractivity contribution in [3.05, 3.63) is 192 Å². The monoisotopic (exact) mass is 636 g/mol. The van der Waals surface area contributed by atoms with Gasteiger partial charge in [-0.15, -0.1) is 0 Å². The maximum atomic E-state index is 5.18. The highest BCUT2D eigenvalue weighted by atomic mass is 15.2. The Morgan fingerprint density at radius 1 is 0.360 bits per heavy atom. The van der Waals surface area contributed by atoms with Crippen LogP contribution in [0.15, 0.2) is 170 Å². The standard InChI is InChI=1S/C46H28N4/c1-3-15-29(16-4-1)43-47-44(30-17-5-2-6-18-30)49-45(48-43)50-41-26-14-10-22-34(41)36-27-40-35(28-42(36)50)33-21-9-13-25-39(33)46(40)37-23-11-7-19-31(37)32-20-8-12-24-38(32)46/h1-28H. The Balaban J connectivity index is 1.25. The van der Waals surface area contributed by atoms with Gasteiger partial charge in [0.2, 0.25) is 5.95 Å². The molecule has 4 heteroatoms. The van der Waals surface area contributed by atoms with E-state index in [1.54, 1.807) is 0 Å². The number of para-hydroxylation sites is 1. The smallest absolute Gasteiger partial charge is 0.238 e. The summed E-state index contributed by atoms with van der Waals surface area (Å²) in [6.07, 6.45) is 0. The summed E-state index contributed by atoms with van der Waals surface area (Å²) in [7, 11) is 0. The number of benzene rings is 7. The number of hydrogen-bond acceptors (Lipinski definition) is 3. The fraction of sp³-hybridized carbons (Fsp3) is 0.0217. The molecule has 9 aromatic rings. The average Bonchev–Trinajstić information content (AvgIpc) is 3.79. The molecular weight excluding hydrogens is 609 g/mol. The molecule has 0 saturated carbocycles. The number of nitrogens with zero attached hydrogens (tertiary/aromatic N) is 4. The molecular formula is C46H28N4. The minimum atomic E-state index is -0.412. The summed E-state index contributed by atoms with van der Waals surface area (Å²) < 4.78 is 2.23. The molecule has 0 radical (unpaired) electrons.